The Morgan fingerprint density at radius 1 is 1.37 bits per heavy atom. The van der Waals surface area contributed by atoms with E-state index in [9.17, 15) is 8.78 Å². The van der Waals surface area contributed by atoms with Gasteiger partial charge in [0.05, 0.1) is 6.54 Å². The number of hydrogen-bond donors (Lipinski definition) is 1. The molecule has 1 aromatic rings. The van der Waals surface area contributed by atoms with Crippen molar-refractivity contribution in [2.45, 2.75) is 32.9 Å². The van der Waals surface area contributed by atoms with Crippen LogP contribution < -0.4 is 5.32 Å². The Balaban J connectivity index is 2.56. The largest absolute Gasteiger partial charge is 0.313 e. The van der Waals surface area contributed by atoms with Gasteiger partial charge >= 0.3 is 0 Å². The van der Waals surface area contributed by atoms with Crippen molar-refractivity contribution >= 4 is 15.9 Å². The normalized spacial score (nSPS) is 11.5. The number of halogens is 3. The fourth-order valence-corrected chi connectivity index (χ4v) is 2.38. The molecule has 0 unspecified atom stereocenters. The van der Waals surface area contributed by atoms with Crippen LogP contribution in [-0.2, 0) is 13.1 Å². The maximum absolute atomic E-state index is 12.3. The van der Waals surface area contributed by atoms with Gasteiger partial charge in [0.2, 0.25) is 0 Å². The van der Waals surface area contributed by atoms with Crippen molar-refractivity contribution in [3.63, 3.8) is 0 Å². The van der Waals surface area contributed by atoms with Crippen LogP contribution in [0, 0.1) is 0 Å². The summed E-state index contributed by atoms with van der Waals surface area (Å²) in [5, 5.41) is 3.33. The lowest BCUT2D eigenvalue weighted by molar-refractivity contribution is 0.0975. The van der Waals surface area contributed by atoms with Crippen LogP contribution in [0.15, 0.2) is 22.7 Å². The smallest absolute Gasteiger partial charge is 0.251 e. The van der Waals surface area contributed by atoms with Crippen LogP contribution in [0.2, 0.25) is 0 Å². The van der Waals surface area contributed by atoms with Crippen LogP contribution in [0.3, 0.4) is 0 Å². The van der Waals surface area contributed by atoms with E-state index in [4.69, 9.17) is 0 Å². The Morgan fingerprint density at radius 2 is 2.11 bits per heavy atom. The molecule has 0 aromatic heterocycles. The predicted octanol–water partition coefficient (Wildman–Crippen LogP) is 3.65. The molecule has 0 heterocycles. The molecule has 2 nitrogen and oxygen atoms in total. The molecule has 19 heavy (non-hydrogen) atoms. The second-order valence-electron chi connectivity index (χ2n) is 4.69. The van der Waals surface area contributed by atoms with Crippen molar-refractivity contribution in [2.75, 3.05) is 20.1 Å². The fraction of sp³-hybridized carbons (Fsp3) is 0.571. The summed E-state index contributed by atoms with van der Waals surface area (Å²) in [6.45, 7) is 4.28. The molecule has 0 bridgehead atoms. The molecule has 0 aliphatic rings. The van der Waals surface area contributed by atoms with Gasteiger partial charge in [0.15, 0.2) is 0 Å². The molecule has 0 amide bonds. The molecule has 0 spiro atoms. The van der Waals surface area contributed by atoms with Crippen molar-refractivity contribution in [3.8, 4) is 0 Å². The van der Waals surface area contributed by atoms with Gasteiger partial charge in [0.25, 0.3) is 6.43 Å². The molecule has 0 atom stereocenters. The lowest BCUT2D eigenvalue weighted by Gasteiger charge is -2.17. The summed E-state index contributed by atoms with van der Waals surface area (Å²) in [6.07, 6.45) is -1.18. The summed E-state index contributed by atoms with van der Waals surface area (Å²) in [6, 6.07) is 6.09. The average molecular weight is 335 g/mol. The van der Waals surface area contributed by atoms with Crippen molar-refractivity contribution in [1.82, 2.24) is 10.2 Å². The minimum Gasteiger partial charge on any atom is -0.313 e. The standard InChI is InChI=1S/C14H21BrF2N2/c1-3-6-18-8-11-4-5-12(13(15)7-11)9-19(2)10-14(16)17/h4-5,7,14,18H,3,6,8-10H2,1-2H3. The molecule has 0 radical (unpaired) electrons. The van der Waals surface area contributed by atoms with Crippen LogP contribution >= 0.6 is 15.9 Å². The van der Waals surface area contributed by atoms with Crippen molar-refractivity contribution in [3.05, 3.63) is 33.8 Å². The molecule has 108 valence electrons. The topological polar surface area (TPSA) is 15.3 Å². The number of nitrogens with one attached hydrogen (secondary N) is 1. The number of nitrogens with zero attached hydrogens (tertiary/aromatic N) is 1. The van der Waals surface area contributed by atoms with Gasteiger partial charge in [-0.2, -0.15) is 0 Å². The zero-order valence-electron chi connectivity index (χ0n) is 11.4. The summed E-state index contributed by atoms with van der Waals surface area (Å²) >= 11 is 3.51. The third-order valence-corrected chi connectivity index (χ3v) is 3.50. The van der Waals surface area contributed by atoms with E-state index >= 15 is 0 Å². The molecular weight excluding hydrogens is 314 g/mol. The monoisotopic (exact) mass is 334 g/mol. The zero-order chi connectivity index (χ0) is 14.3. The van der Waals surface area contributed by atoms with E-state index in [1.807, 2.05) is 18.2 Å². The van der Waals surface area contributed by atoms with E-state index in [1.165, 1.54) is 5.56 Å². The SMILES string of the molecule is CCCNCc1ccc(CN(C)CC(F)F)c(Br)c1. The number of benzene rings is 1. The third kappa shape index (κ3) is 6.45. The zero-order valence-corrected chi connectivity index (χ0v) is 13.0. The maximum atomic E-state index is 12.3. The number of rotatable bonds is 8. The van der Waals surface area contributed by atoms with Crippen LogP contribution in [0.1, 0.15) is 24.5 Å². The van der Waals surface area contributed by atoms with Gasteiger partial charge in [-0.25, -0.2) is 8.78 Å². The Labute approximate surface area is 122 Å². The average Bonchev–Trinajstić information content (AvgIpc) is 2.32. The van der Waals surface area contributed by atoms with Crippen molar-refractivity contribution in [2.24, 2.45) is 0 Å². The molecule has 0 aliphatic heterocycles. The number of alkyl halides is 2. The molecule has 1 rings (SSSR count). The van der Waals surface area contributed by atoms with E-state index in [1.54, 1.807) is 11.9 Å². The van der Waals surface area contributed by atoms with Crippen LogP contribution in [0.5, 0.6) is 0 Å². The maximum Gasteiger partial charge on any atom is 0.251 e. The van der Waals surface area contributed by atoms with Crippen LogP contribution in [0.4, 0.5) is 8.78 Å². The Kier molecular flexibility index (Phi) is 7.49. The first-order chi connectivity index (χ1) is 9.02. The lowest BCUT2D eigenvalue weighted by atomic mass is 10.1. The van der Waals surface area contributed by atoms with E-state index in [-0.39, 0.29) is 6.54 Å². The highest BCUT2D eigenvalue weighted by atomic mass is 79.9. The Morgan fingerprint density at radius 3 is 2.68 bits per heavy atom. The van der Waals surface area contributed by atoms with Gasteiger partial charge in [-0.05, 0) is 37.2 Å². The Bertz CT molecular complexity index is 386. The summed E-state index contributed by atoms with van der Waals surface area (Å²) in [7, 11) is 1.70. The van der Waals surface area contributed by atoms with E-state index in [0.717, 1.165) is 29.5 Å². The van der Waals surface area contributed by atoms with Gasteiger partial charge in [-0.3, -0.25) is 4.90 Å². The molecule has 0 aliphatic carbocycles. The van der Waals surface area contributed by atoms with Gasteiger partial charge in [-0.15, -0.1) is 0 Å². The van der Waals surface area contributed by atoms with E-state index in [0.29, 0.717) is 6.54 Å². The van der Waals surface area contributed by atoms with E-state index in [2.05, 4.69) is 28.2 Å². The molecule has 1 N–H and O–H groups in total. The fourth-order valence-electron chi connectivity index (χ4n) is 1.83. The first-order valence-electron chi connectivity index (χ1n) is 6.47. The second-order valence-corrected chi connectivity index (χ2v) is 5.54. The molecule has 0 saturated heterocycles. The minimum atomic E-state index is -2.29. The summed E-state index contributed by atoms with van der Waals surface area (Å²) < 4.78 is 25.5. The molecule has 0 fully saturated rings. The molecule has 0 saturated carbocycles. The first-order valence-corrected chi connectivity index (χ1v) is 7.27. The molecule has 1 aromatic carbocycles. The van der Waals surface area contributed by atoms with Gasteiger partial charge in [0.1, 0.15) is 0 Å². The third-order valence-electron chi connectivity index (χ3n) is 2.76. The highest BCUT2D eigenvalue weighted by Gasteiger charge is 2.10. The number of hydrogen-bond acceptors (Lipinski definition) is 2. The lowest BCUT2D eigenvalue weighted by Crippen LogP contribution is -2.24. The Hall–Kier alpha value is -0.520. The van der Waals surface area contributed by atoms with Gasteiger partial charge in [0, 0.05) is 17.6 Å². The summed E-state index contributed by atoms with van der Waals surface area (Å²) in [5.41, 5.74) is 2.22. The highest BCUT2D eigenvalue weighted by Crippen LogP contribution is 2.20. The first kappa shape index (κ1) is 16.5. The van der Waals surface area contributed by atoms with Gasteiger partial charge in [-0.1, -0.05) is 35.0 Å². The predicted molar refractivity (Wildman–Crippen MR) is 78.5 cm³/mol. The minimum absolute atomic E-state index is 0.202. The quantitative estimate of drug-likeness (QED) is 0.730. The highest BCUT2D eigenvalue weighted by molar-refractivity contribution is 9.10. The van der Waals surface area contributed by atoms with Crippen LogP contribution in [0.25, 0.3) is 0 Å². The summed E-state index contributed by atoms with van der Waals surface area (Å²) in [4.78, 5) is 1.62. The molecular formula is C14H21BrF2N2. The van der Waals surface area contributed by atoms with Crippen molar-refractivity contribution in [1.29, 1.82) is 0 Å². The van der Waals surface area contributed by atoms with Crippen LogP contribution in [-0.4, -0.2) is 31.5 Å². The molecule has 5 heteroatoms. The van der Waals surface area contributed by atoms with E-state index < -0.39 is 6.43 Å². The van der Waals surface area contributed by atoms with Gasteiger partial charge < -0.3 is 5.32 Å². The van der Waals surface area contributed by atoms with Crippen molar-refractivity contribution < 1.29 is 8.78 Å². The second kappa shape index (κ2) is 8.61. The summed E-state index contributed by atoms with van der Waals surface area (Å²) in [5.74, 6) is 0.